The van der Waals surface area contributed by atoms with Gasteiger partial charge in [-0.15, -0.1) is 0 Å². The Labute approximate surface area is 337 Å². The summed E-state index contributed by atoms with van der Waals surface area (Å²) in [7, 11) is 2.57. The van der Waals surface area contributed by atoms with E-state index in [1.165, 1.54) is 14.2 Å². The number of hydrogen-bond acceptors (Lipinski definition) is 9. The van der Waals surface area contributed by atoms with E-state index in [1.807, 2.05) is 65.0 Å². The number of ether oxygens (including phenoxy) is 2. The highest BCUT2D eigenvalue weighted by Crippen LogP contribution is 2.37. The molecule has 15 heteroatoms. The Balaban J connectivity index is 1.06. The topological polar surface area (TPSA) is 188 Å². The van der Waals surface area contributed by atoms with Crippen LogP contribution in [0.15, 0.2) is 59.3 Å². The summed E-state index contributed by atoms with van der Waals surface area (Å²) < 4.78 is 15.9. The Hall–Kier alpha value is -6.12. The zero-order chi connectivity index (χ0) is 41.2. The Bertz CT molecular complexity index is 2310. The summed E-state index contributed by atoms with van der Waals surface area (Å²) in [5.74, 6) is 1.62. The van der Waals surface area contributed by atoms with Crippen LogP contribution < -0.4 is 10.6 Å². The van der Waals surface area contributed by atoms with Crippen molar-refractivity contribution in [3.8, 4) is 33.8 Å². The second-order valence-corrected chi connectivity index (χ2v) is 15.9. The second kappa shape index (κ2) is 16.8. The fraction of sp³-hybridized carbons (Fsp3) is 0.442. The third kappa shape index (κ3) is 8.02. The number of H-pyrrole nitrogens is 2. The molecule has 0 aliphatic carbocycles. The van der Waals surface area contributed by atoms with Crippen LogP contribution in [0.25, 0.3) is 44.8 Å². The minimum Gasteiger partial charge on any atom is -0.456 e. The highest BCUT2D eigenvalue weighted by atomic mass is 16.5. The average Bonchev–Trinajstić information content (AvgIpc) is 4.06. The molecule has 0 radical (unpaired) electrons. The predicted molar refractivity (Wildman–Crippen MR) is 217 cm³/mol. The van der Waals surface area contributed by atoms with Crippen LogP contribution in [0.2, 0.25) is 0 Å². The highest BCUT2D eigenvalue weighted by Gasteiger charge is 2.39. The number of methoxy groups -OCH3 is 2. The number of aromatic nitrogens is 4. The van der Waals surface area contributed by atoms with Crippen molar-refractivity contribution in [2.45, 2.75) is 84.5 Å². The Morgan fingerprint density at radius 1 is 0.741 bits per heavy atom. The van der Waals surface area contributed by atoms with Gasteiger partial charge in [0.2, 0.25) is 11.8 Å². The number of nitrogens with one attached hydrogen (secondary N) is 4. The van der Waals surface area contributed by atoms with Crippen molar-refractivity contribution in [1.82, 2.24) is 40.4 Å². The number of furan rings is 1. The standard InChI is InChI=1S/C43H52N8O7/c1-23(2)36(48-42(54)56-6)40(52)50-16-8-10-32(50)38-44-21-30(46-38)26-13-15-34-28(19-26)20-35(58-34)27-12-14-29(25(5)18-27)31-22-45-39(47-31)33-11-9-17-51(33)41(53)37(24(3)4)49-43(55)57-7/h12-15,18-24,32-33,36-37H,8-11,16-17H2,1-7H3,(H,44,46)(H,45,47)(H,48,54)(H,49,55)/t32-,33-,36-,37-/m0/s1. The molecule has 2 fully saturated rings. The lowest BCUT2D eigenvalue weighted by Crippen LogP contribution is -2.51. The van der Waals surface area contributed by atoms with Crippen LogP contribution in [0.4, 0.5) is 9.59 Å². The molecule has 2 aliphatic rings. The zero-order valence-electron chi connectivity index (χ0n) is 34.0. The number of hydrogen-bond donors (Lipinski definition) is 4. The molecule has 4 amide bonds. The number of carbonyl (C=O) groups is 4. The van der Waals surface area contributed by atoms with E-state index in [1.54, 1.807) is 22.2 Å². The lowest BCUT2D eigenvalue weighted by atomic mass is 10.0. The molecule has 2 aromatic carbocycles. The molecule has 306 valence electrons. The smallest absolute Gasteiger partial charge is 0.407 e. The average molecular weight is 793 g/mol. The number of fused-ring (bicyclic) bond motifs is 1. The summed E-state index contributed by atoms with van der Waals surface area (Å²) in [4.78, 5) is 71.1. The minimum absolute atomic E-state index is 0.115. The van der Waals surface area contributed by atoms with Gasteiger partial charge in [-0.2, -0.15) is 0 Å². The van der Waals surface area contributed by atoms with Crippen molar-refractivity contribution in [3.05, 3.63) is 72.1 Å². The minimum atomic E-state index is -0.701. The molecule has 4 N–H and O–H groups in total. The number of amides is 4. The molecule has 2 aliphatic heterocycles. The van der Waals surface area contributed by atoms with E-state index in [-0.39, 0.29) is 35.7 Å². The first-order valence-electron chi connectivity index (χ1n) is 19.9. The van der Waals surface area contributed by atoms with Gasteiger partial charge >= 0.3 is 12.2 Å². The number of carbonyl (C=O) groups excluding carboxylic acids is 4. The summed E-state index contributed by atoms with van der Waals surface area (Å²) in [6.45, 7) is 10.8. The molecule has 7 rings (SSSR count). The van der Waals surface area contributed by atoms with Crippen molar-refractivity contribution in [2.24, 2.45) is 11.8 Å². The van der Waals surface area contributed by atoms with Gasteiger partial charge in [-0.25, -0.2) is 19.6 Å². The predicted octanol–water partition coefficient (Wildman–Crippen LogP) is 7.28. The maximum Gasteiger partial charge on any atom is 0.407 e. The van der Waals surface area contributed by atoms with Crippen molar-refractivity contribution < 1.29 is 33.1 Å². The van der Waals surface area contributed by atoms with Crippen molar-refractivity contribution in [2.75, 3.05) is 27.3 Å². The molecule has 5 aromatic rings. The zero-order valence-corrected chi connectivity index (χ0v) is 34.0. The SMILES string of the molecule is COC(=O)N[C@H](C(=O)N1CCC[C@H]1c1ncc(-c2ccc3oc(-c4ccc(-c5cnc([C@@H]6CCCN6C(=O)[C@@H](NC(=O)OC)C(C)C)[nH]5)c(C)c4)cc3c2)[nH]1)C(C)C. The number of aromatic amines is 2. The summed E-state index contributed by atoms with van der Waals surface area (Å²) in [6, 6.07) is 12.3. The van der Waals surface area contributed by atoms with Crippen molar-refractivity contribution in [1.29, 1.82) is 0 Å². The fourth-order valence-corrected chi connectivity index (χ4v) is 8.15. The molecule has 15 nitrogen and oxygen atoms in total. The molecular weight excluding hydrogens is 741 g/mol. The van der Waals surface area contributed by atoms with Crippen LogP contribution in [0.1, 0.15) is 82.7 Å². The number of nitrogens with zero attached hydrogens (tertiary/aromatic N) is 4. The van der Waals surface area contributed by atoms with E-state index < -0.39 is 24.3 Å². The highest BCUT2D eigenvalue weighted by molar-refractivity contribution is 5.88. The van der Waals surface area contributed by atoms with E-state index in [0.29, 0.717) is 24.7 Å². The lowest BCUT2D eigenvalue weighted by Gasteiger charge is -2.30. The largest absolute Gasteiger partial charge is 0.456 e. The first-order valence-corrected chi connectivity index (χ1v) is 19.9. The van der Waals surface area contributed by atoms with Crippen molar-refractivity contribution in [3.63, 3.8) is 0 Å². The number of benzene rings is 2. The van der Waals surface area contributed by atoms with Gasteiger partial charge in [0.05, 0.1) is 50.1 Å². The van der Waals surface area contributed by atoms with Crippen LogP contribution in [0.3, 0.4) is 0 Å². The Morgan fingerprint density at radius 2 is 1.28 bits per heavy atom. The van der Waals surface area contributed by atoms with E-state index in [0.717, 1.165) is 76.1 Å². The van der Waals surface area contributed by atoms with Gasteiger partial charge in [-0.1, -0.05) is 39.8 Å². The number of imidazole rings is 2. The van der Waals surface area contributed by atoms with E-state index in [4.69, 9.17) is 23.9 Å². The van der Waals surface area contributed by atoms with Gasteiger partial charge in [0.1, 0.15) is 35.1 Å². The van der Waals surface area contributed by atoms with Crippen LogP contribution in [0.5, 0.6) is 0 Å². The first kappa shape index (κ1) is 40.1. The Kier molecular flexibility index (Phi) is 11.6. The molecular formula is C43H52N8O7. The maximum absolute atomic E-state index is 13.6. The number of likely N-dealkylation sites (tertiary alicyclic amines) is 2. The quantitative estimate of drug-likeness (QED) is 0.107. The third-order valence-electron chi connectivity index (χ3n) is 11.3. The van der Waals surface area contributed by atoms with Gasteiger partial charge < -0.3 is 44.3 Å². The molecule has 2 saturated heterocycles. The molecule has 0 spiro atoms. The molecule has 4 atom stereocenters. The van der Waals surface area contributed by atoms with Crippen LogP contribution in [0, 0.1) is 18.8 Å². The normalized spacial score (nSPS) is 17.9. The van der Waals surface area contributed by atoms with Gasteiger partial charge in [0, 0.05) is 35.2 Å². The van der Waals surface area contributed by atoms with Crippen LogP contribution in [-0.4, -0.2) is 93.1 Å². The first-order chi connectivity index (χ1) is 27.9. The molecule has 58 heavy (non-hydrogen) atoms. The summed E-state index contributed by atoms with van der Waals surface area (Å²) in [5, 5.41) is 6.33. The van der Waals surface area contributed by atoms with Gasteiger partial charge in [-0.05, 0) is 80.3 Å². The van der Waals surface area contributed by atoms with E-state index in [9.17, 15) is 19.2 Å². The third-order valence-corrected chi connectivity index (χ3v) is 11.3. The molecule has 5 heterocycles. The van der Waals surface area contributed by atoms with Gasteiger partial charge in [0.25, 0.3) is 0 Å². The molecule has 0 bridgehead atoms. The summed E-state index contributed by atoms with van der Waals surface area (Å²) >= 11 is 0. The van der Waals surface area contributed by atoms with Crippen molar-refractivity contribution >= 4 is 35.0 Å². The number of alkyl carbamates (subject to hydrolysis) is 2. The number of aryl methyl sites for hydroxylation is 1. The maximum atomic E-state index is 13.6. The van der Waals surface area contributed by atoms with E-state index >= 15 is 0 Å². The molecule has 0 unspecified atom stereocenters. The van der Waals surface area contributed by atoms with Crippen LogP contribution >= 0.6 is 0 Å². The summed E-state index contributed by atoms with van der Waals surface area (Å²) in [6.07, 6.45) is 5.55. The van der Waals surface area contributed by atoms with Gasteiger partial charge in [0.15, 0.2) is 0 Å². The lowest BCUT2D eigenvalue weighted by molar-refractivity contribution is -0.136. The Morgan fingerprint density at radius 3 is 1.81 bits per heavy atom. The van der Waals surface area contributed by atoms with Gasteiger partial charge in [-0.3, -0.25) is 9.59 Å². The second-order valence-electron chi connectivity index (χ2n) is 15.9. The summed E-state index contributed by atoms with van der Waals surface area (Å²) in [5.41, 5.74) is 6.31. The molecule has 3 aromatic heterocycles. The monoisotopic (exact) mass is 792 g/mol. The number of rotatable bonds is 11. The molecule has 0 saturated carbocycles. The fourth-order valence-electron chi connectivity index (χ4n) is 8.15. The van der Waals surface area contributed by atoms with Crippen LogP contribution in [-0.2, 0) is 19.1 Å². The van der Waals surface area contributed by atoms with E-state index in [2.05, 4.69) is 32.7 Å².